The summed E-state index contributed by atoms with van der Waals surface area (Å²) in [5, 5.41) is 8.55. The Hall–Kier alpha value is -1.61. The molecule has 3 atom stereocenters. The fraction of sp³-hybridized carbons (Fsp3) is 0.750. The summed E-state index contributed by atoms with van der Waals surface area (Å²) in [6, 6.07) is 0. The molecule has 1 saturated carbocycles. The number of hydroxylamine groups is 1. The topological polar surface area (TPSA) is 113 Å². The van der Waals surface area contributed by atoms with Crippen LogP contribution in [0, 0.1) is 11.8 Å². The average molecular weight is 372 g/mol. The summed E-state index contributed by atoms with van der Waals surface area (Å²) in [6.07, 6.45) is 4.48. The van der Waals surface area contributed by atoms with Crippen LogP contribution >= 0.6 is 0 Å². The molecular formula is C16H24N2O6S. The Balaban J connectivity index is 1.74. The van der Waals surface area contributed by atoms with Gasteiger partial charge in [0.05, 0.1) is 10.9 Å². The third-order valence-electron chi connectivity index (χ3n) is 5.45. The van der Waals surface area contributed by atoms with Gasteiger partial charge in [0.15, 0.2) is 6.61 Å². The lowest BCUT2D eigenvalue weighted by Crippen LogP contribution is -2.45. The van der Waals surface area contributed by atoms with Crippen molar-refractivity contribution in [3.05, 3.63) is 11.5 Å². The van der Waals surface area contributed by atoms with Crippen LogP contribution in [0.5, 0.6) is 0 Å². The van der Waals surface area contributed by atoms with Crippen molar-refractivity contribution in [1.29, 1.82) is 0 Å². The lowest BCUT2D eigenvalue weighted by atomic mass is 9.86. The van der Waals surface area contributed by atoms with Gasteiger partial charge in [0, 0.05) is 25.3 Å². The van der Waals surface area contributed by atoms with Crippen molar-refractivity contribution in [1.82, 2.24) is 10.4 Å². The van der Waals surface area contributed by atoms with E-state index in [1.54, 1.807) is 10.4 Å². The zero-order valence-electron chi connectivity index (χ0n) is 14.0. The number of hydrogen-bond donors (Lipinski definition) is 3. The van der Waals surface area contributed by atoms with Crippen molar-refractivity contribution >= 4 is 22.5 Å². The van der Waals surface area contributed by atoms with Gasteiger partial charge in [-0.3, -0.25) is 14.8 Å². The highest BCUT2D eigenvalue weighted by Gasteiger charge is 2.37. The van der Waals surface area contributed by atoms with Crippen molar-refractivity contribution in [2.75, 3.05) is 13.2 Å². The van der Waals surface area contributed by atoms with Crippen LogP contribution in [0.2, 0.25) is 0 Å². The number of thiol groups is 1. The molecule has 2 aliphatic carbocycles. The van der Waals surface area contributed by atoms with E-state index >= 15 is 0 Å². The predicted molar refractivity (Wildman–Crippen MR) is 88.0 cm³/mol. The van der Waals surface area contributed by atoms with Crippen LogP contribution in [-0.2, 0) is 25.0 Å². The molecule has 0 aromatic carbocycles. The first-order valence-corrected chi connectivity index (χ1v) is 9.97. The molecule has 1 heterocycles. The van der Waals surface area contributed by atoms with E-state index in [-0.39, 0.29) is 23.7 Å². The first-order chi connectivity index (χ1) is 12.0. The van der Waals surface area contributed by atoms with Crippen LogP contribution in [0.3, 0.4) is 0 Å². The molecular weight excluding hydrogens is 348 g/mol. The van der Waals surface area contributed by atoms with E-state index in [9.17, 15) is 18.0 Å². The molecule has 2 amide bonds. The van der Waals surface area contributed by atoms with Crippen LogP contribution in [0.4, 0.5) is 0 Å². The number of nitrogens with zero attached hydrogens (tertiary/aromatic N) is 1. The molecule has 3 aliphatic rings. The van der Waals surface area contributed by atoms with Gasteiger partial charge in [0.1, 0.15) is 16.5 Å². The summed E-state index contributed by atoms with van der Waals surface area (Å²) < 4.78 is 28.1. The Morgan fingerprint density at radius 1 is 1.32 bits per heavy atom. The molecule has 25 heavy (non-hydrogen) atoms. The van der Waals surface area contributed by atoms with E-state index < -0.39 is 22.5 Å². The smallest absolute Gasteiger partial charge is 0.264 e. The molecule has 0 aromatic rings. The predicted octanol–water partition coefficient (Wildman–Crippen LogP) is 0.532. The summed E-state index contributed by atoms with van der Waals surface area (Å²) in [7, 11) is -2.43. The normalized spacial score (nSPS) is 30.1. The fourth-order valence-corrected chi connectivity index (χ4v) is 4.96. The molecule has 140 valence electrons. The van der Waals surface area contributed by atoms with Gasteiger partial charge in [-0.25, -0.2) is 13.9 Å². The number of rotatable bonds is 4. The maximum absolute atomic E-state index is 12.4. The van der Waals surface area contributed by atoms with Crippen LogP contribution in [0.15, 0.2) is 11.5 Å². The second-order valence-electron chi connectivity index (χ2n) is 7.05. The number of hydrogen-bond acceptors (Lipinski definition) is 6. The minimum absolute atomic E-state index is 0.0122. The maximum atomic E-state index is 12.4. The summed E-state index contributed by atoms with van der Waals surface area (Å²) in [5.74, 6) is -0.127. The lowest BCUT2D eigenvalue weighted by Gasteiger charge is -2.39. The third kappa shape index (κ3) is 3.98. The second kappa shape index (κ2) is 7.74. The zero-order valence-corrected chi connectivity index (χ0v) is 14.9. The summed E-state index contributed by atoms with van der Waals surface area (Å²) in [5.41, 5.74) is 2.40. The van der Waals surface area contributed by atoms with Gasteiger partial charge in [-0.2, -0.15) is 0 Å². The van der Waals surface area contributed by atoms with Gasteiger partial charge in [-0.1, -0.05) is 6.42 Å². The number of allylic oxidation sites excluding steroid dienone is 2. The number of carbonyl (C=O) groups excluding carboxylic acids is 2. The average Bonchev–Trinajstić information content (AvgIpc) is 2.63. The largest absolute Gasteiger partial charge is 0.486 e. The Labute approximate surface area is 148 Å². The van der Waals surface area contributed by atoms with Crippen molar-refractivity contribution in [2.24, 2.45) is 11.8 Å². The molecule has 3 rings (SSSR count). The molecule has 3 unspecified atom stereocenters. The second-order valence-corrected chi connectivity index (χ2v) is 8.35. The zero-order chi connectivity index (χ0) is 18.0. The number of nitrogens with one attached hydrogen (secondary N) is 1. The maximum Gasteiger partial charge on any atom is 0.264 e. The molecule has 0 bridgehead atoms. The Morgan fingerprint density at radius 3 is 2.84 bits per heavy atom. The van der Waals surface area contributed by atoms with E-state index in [4.69, 9.17) is 9.94 Å². The van der Waals surface area contributed by atoms with Crippen LogP contribution in [0.25, 0.3) is 0 Å². The molecule has 1 fully saturated rings. The highest BCUT2D eigenvalue weighted by atomic mass is 32.2. The molecule has 0 spiro atoms. The van der Waals surface area contributed by atoms with Crippen molar-refractivity contribution in [3.8, 4) is 0 Å². The quantitative estimate of drug-likeness (QED) is 0.377. The van der Waals surface area contributed by atoms with Crippen molar-refractivity contribution in [3.63, 3.8) is 0 Å². The minimum atomic E-state index is -2.43. The molecule has 2 N–H and O–H groups in total. The van der Waals surface area contributed by atoms with Gasteiger partial charge in [0.25, 0.3) is 5.91 Å². The first-order valence-electron chi connectivity index (χ1n) is 8.72. The molecule has 0 aromatic heterocycles. The first kappa shape index (κ1) is 18.2. The highest BCUT2D eigenvalue weighted by molar-refractivity contribution is 7.73. The van der Waals surface area contributed by atoms with Crippen LogP contribution in [-0.4, -0.2) is 48.7 Å². The third-order valence-corrected chi connectivity index (χ3v) is 6.52. The van der Waals surface area contributed by atoms with Gasteiger partial charge in [0.2, 0.25) is 5.91 Å². The summed E-state index contributed by atoms with van der Waals surface area (Å²) in [4.78, 5) is 25.8. The lowest BCUT2D eigenvalue weighted by molar-refractivity contribution is -0.139. The number of ether oxygens (including phenoxy) is 1. The molecule has 1 aliphatic heterocycles. The summed E-state index contributed by atoms with van der Waals surface area (Å²) >= 11 is 0. The van der Waals surface area contributed by atoms with E-state index in [1.807, 2.05) is 0 Å². The van der Waals surface area contributed by atoms with E-state index in [1.165, 1.54) is 0 Å². The minimum Gasteiger partial charge on any atom is -0.486 e. The van der Waals surface area contributed by atoms with Crippen LogP contribution < -0.4 is 5.48 Å². The van der Waals surface area contributed by atoms with Crippen molar-refractivity contribution < 1.29 is 28.0 Å². The van der Waals surface area contributed by atoms with E-state index in [2.05, 4.69) is 0 Å². The Bertz CT molecular complexity index is 651. The van der Waals surface area contributed by atoms with Gasteiger partial charge in [-0.05, 0) is 31.6 Å². The molecule has 0 radical (unpaired) electrons. The Morgan fingerprint density at radius 2 is 2.12 bits per heavy atom. The van der Waals surface area contributed by atoms with Gasteiger partial charge < -0.3 is 9.64 Å². The van der Waals surface area contributed by atoms with E-state index in [0.717, 1.165) is 18.6 Å². The van der Waals surface area contributed by atoms with E-state index in [0.29, 0.717) is 44.3 Å². The number of carbonyl (C=O) groups is 2. The molecule has 8 nitrogen and oxygen atoms in total. The fourth-order valence-electron chi connectivity index (χ4n) is 4.10. The monoisotopic (exact) mass is 372 g/mol. The summed E-state index contributed by atoms with van der Waals surface area (Å²) in [6.45, 7) is 0.454. The number of amides is 2. The van der Waals surface area contributed by atoms with Crippen LogP contribution in [0.1, 0.15) is 44.9 Å². The van der Waals surface area contributed by atoms with Gasteiger partial charge in [-0.15, -0.1) is 0 Å². The SMILES string of the molecule is O=C(NO)C1CCC2=C(C1)N(CC1CCCC([SH](=O)=O)C1)C(=O)CO2. The molecule has 9 heteroatoms. The van der Waals surface area contributed by atoms with Crippen molar-refractivity contribution in [2.45, 2.75) is 50.2 Å². The highest BCUT2D eigenvalue weighted by Crippen LogP contribution is 2.36. The van der Waals surface area contributed by atoms with Gasteiger partial charge >= 0.3 is 0 Å². The Kier molecular flexibility index (Phi) is 5.63. The molecule has 0 saturated heterocycles. The standard InChI is InChI=1S/C16H24N2O6S/c19-15-9-24-14-5-4-11(16(20)17-21)7-13(14)18(15)8-10-2-1-3-12(6-10)25(22)23/h10-12,21,25H,1-9H2,(H,17,20).